The topological polar surface area (TPSA) is 29.0 Å². The van der Waals surface area contributed by atoms with Crippen LogP contribution in [0.3, 0.4) is 0 Å². The number of rotatable bonds is 3. The van der Waals surface area contributed by atoms with Gasteiger partial charge in [-0.1, -0.05) is 53.7 Å². The van der Waals surface area contributed by atoms with Crippen LogP contribution in [0.5, 0.6) is 0 Å². The van der Waals surface area contributed by atoms with Crippen molar-refractivity contribution >= 4 is 29.2 Å². The van der Waals surface area contributed by atoms with E-state index in [0.29, 0.717) is 11.2 Å². The van der Waals surface area contributed by atoms with Gasteiger partial charge in [-0.25, -0.2) is 9.97 Å². The van der Waals surface area contributed by atoms with Crippen molar-refractivity contribution < 1.29 is 0 Å². The second kappa shape index (κ2) is 5.62. The zero-order valence-corrected chi connectivity index (χ0v) is 13.1. The molecule has 3 nitrogen and oxygen atoms in total. The molecule has 1 aliphatic rings. The van der Waals surface area contributed by atoms with E-state index in [4.69, 9.17) is 11.6 Å². The molecule has 0 spiro atoms. The van der Waals surface area contributed by atoms with Crippen molar-refractivity contribution in [2.45, 2.75) is 31.1 Å². The van der Waals surface area contributed by atoms with E-state index in [1.165, 1.54) is 17.3 Å². The maximum atomic E-state index is 6.30. The molecule has 5 heteroatoms. The second-order valence-corrected chi connectivity index (χ2v) is 6.10. The summed E-state index contributed by atoms with van der Waals surface area (Å²) in [5.74, 6) is 0.991. The average Bonchev–Trinajstić information content (AvgIpc) is 2.77. The Labute approximate surface area is 128 Å². The SMILES string of the molecule is CSc1nc(Cl)c2c(n1)N(Cc1ccccc1)[C@H](C)C2. The first-order valence-electron chi connectivity index (χ1n) is 6.60. The highest BCUT2D eigenvalue weighted by molar-refractivity contribution is 7.98. The Kier molecular flexibility index (Phi) is 3.85. The molecule has 104 valence electrons. The maximum Gasteiger partial charge on any atom is 0.190 e. The van der Waals surface area contributed by atoms with Crippen molar-refractivity contribution in [2.75, 3.05) is 11.2 Å². The van der Waals surface area contributed by atoms with Crippen molar-refractivity contribution in [1.82, 2.24) is 9.97 Å². The first-order valence-corrected chi connectivity index (χ1v) is 8.20. The Bertz CT molecular complexity index is 618. The zero-order valence-electron chi connectivity index (χ0n) is 11.5. The summed E-state index contributed by atoms with van der Waals surface area (Å²) in [7, 11) is 0. The van der Waals surface area contributed by atoms with Crippen molar-refractivity contribution in [3.05, 3.63) is 46.6 Å². The molecule has 0 saturated heterocycles. The van der Waals surface area contributed by atoms with Crippen LogP contribution < -0.4 is 4.90 Å². The molecular formula is C15H16ClN3S. The van der Waals surface area contributed by atoms with E-state index in [2.05, 4.69) is 46.1 Å². The van der Waals surface area contributed by atoms with Crippen LogP contribution in [0.15, 0.2) is 35.5 Å². The van der Waals surface area contributed by atoms with Gasteiger partial charge in [0.1, 0.15) is 11.0 Å². The summed E-state index contributed by atoms with van der Waals surface area (Å²) in [4.78, 5) is 11.3. The number of thioether (sulfide) groups is 1. The molecule has 20 heavy (non-hydrogen) atoms. The molecule has 0 fully saturated rings. The number of halogens is 1. The Hall–Kier alpha value is -1.26. The summed E-state index contributed by atoms with van der Waals surface area (Å²) in [5.41, 5.74) is 2.36. The Morgan fingerprint density at radius 2 is 2.05 bits per heavy atom. The lowest BCUT2D eigenvalue weighted by atomic mass is 10.2. The summed E-state index contributed by atoms with van der Waals surface area (Å²) in [6.07, 6.45) is 2.88. The number of benzene rings is 1. The predicted molar refractivity (Wildman–Crippen MR) is 84.6 cm³/mol. The maximum absolute atomic E-state index is 6.30. The molecule has 1 aliphatic heterocycles. The number of nitrogens with zero attached hydrogens (tertiary/aromatic N) is 3. The molecule has 1 atom stereocenters. The molecule has 1 aromatic heterocycles. The molecule has 0 N–H and O–H groups in total. The number of hydrogen-bond donors (Lipinski definition) is 0. The van der Waals surface area contributed by atoms with Crippen LogP contribution in [0.1, 0.15) is 18.1 Å². The van der Waals surface area contributed by atoms with Gasteiger partial charge < -0.3 is 4.90 Å². The van der Waals surface area contributed by atoms with Crippen LogP contribution in [0.4, 0.5) is 5.82 Å². The van der Waals surface area contributed by atoms with E-state index in [-0.39, 0.29) is 0 Å². The van der Waals surface area contributed by atoms with Gasteiger partial charge in [-0.2, -0.15) is 0 Å². The molecule has 0 radical (unpaired) electrons. The van der Waals surface area contributed by atoms with Gasteiger partial charge in [-0.3, -0.25) is 0 Å². The first kappa shape index (κ1) is 13.7. The molecule has 0 bridgehead atoms. The van der Waals surface area contributed by atoms with Crippen LogP contribution in [0.25, 0.3) is 0 Å². The van der Waals surface area contributed by atoms with E-state index in [9.17, 15) is 0 Å². The van der Waals surface area contributed by atoms with Crippen LogP contribution in [-0.4, -0.2) is 22.3 Å². The molecule has 2 heterocycles. The van der Waals surface area contributed by atoms with Crippen LogP contribution in [-0.2, 0) is 13.0 Å². The molecule has 0 unspecified atom stereocenters. The van der Waals surface area contributed by atoms with Gasteiger partial charge in [0, 0.05) is 18.2 Å². The van der Waals surface area contributed by atoms with Crippen molar-refractivity contribution in [3.8, 4) is 0 Å². The summed E-state index contributed by atoms with van der Waals surface area (Å²) in [5, 5.41) is 1.34. The minimum absolute atomic E-state index is 0.397. The van der Waals surface area contributed by atoms with E-state index >= 15 is 0 Å². The van der Waals surface area contributed by atoms with Gasteiger partial charge in [0.15, 0.2) is 5.16 Å². The second-order valence-electron chi connectivity index (χ2n) is 4.97. The lowest BCUT2D eigenvalue weighted by molar-refractivity contribution is 0.666. The highest BCUT2D eigenvalue weighted by atomic mass is 35.5. The molecule has 1 aromatic carbocycles. The molecule has 2 aromatic rings. The first-order chi connectivity index (χ1) is 9.69. The lowest BCUT2D eigenvalue weighted by Crippen LogP contribution is -2.29. The Balaban J connectivity index is 1.96. The highest BCUT2D eigenvalue weighted by Gasteiger charge is 2.30. The highest BCUT2D eigenvalue weighted by Crippen LogP contribution is 2.36. The van der Waals surface area contributed by atoms with E-state index in [0.717, 1.165) is 29.5 Å². The Morgan fingerprint density at radius 1 is 1.30 bits per heavy atom. The molecule has 0 amide bonds. The van der Waals surface area contributed by atoms with E-state index in [1.54, 1.807) is 0 Å². The molecule has 0 aliphatic carbocycles. The monoisotopic (exact) mass is 305 g/mol. The van der Waals surface area contributed by atoms with Gasteiger partial charge >= 0.3 is 0 Å². The summed E-state index contributed by atoms with van der Waals surface area (Å²) < 4.78 is 0. The minimum atomic E-state index is 0.397. The smallest absolute Gasteiger partial charge is 0.190 e. The fourth-order valence-corrected chi connectivity index (χ4v) is 3.21. The minimum Gasteiger partial charge on any atom is -0.349 e. The standard InChI is InChI=1S/C15H16ClN3S/c1-10-8-12-13(16)17-15(20-2)18-14(12)19(10)9-11-6-4-3-5-7-11/h3-7,10H,8-9H2,1-2H3/t10-/m1/s1. The normalized spacial score (nSPS) is 17.4. The third-order valence-corrected chi connectivity index (χ3v) is 4.46. The fourth-order valence-electron chi connectivity index (χ4n) is 2.56. The van der Waals surface area contributed by atoms with Crippen LogP contribution in [0, 0.1) is 0 Å². The van der Waals surface area contributed by atoms with Crippen molar-refractivity contribution in [2.24, 2.45) is 0 Å². The molecule has 3 rings (SSSR count). The number of aromatic nitrogens is 2. The largest absolute Gasteiger partial charge is 0.349 e. The van der Waals surface area contributed by atoms with Gasteiger partial charge in [-0.15, -0.1) is 0 Å². The summed E-state index contributed by atoms with van der Waals surface area (Å²) in [6.45, 7) is 3.07. The Morgan fingerprint density at radius 3 is 2.75 bits per heavy atom. The molecular weight excluding hydrogens is 290 g/mol. The lowest BCUT2D eigenvalue weighted by Gasteiger charge is -2.24. The summed E-state index contributed by atoms with van der Waals surface area (Å²) >= 11 is 7.82. The third kappa shape index (κ3) is 2.50. The van der Waals surface area contributed by atoms with Crippen LogP contribution >= 0.6 is 23.4 Å². The van der Waals surface area contributed by atoms with E-state index in [1.807, 2.05) is 12.3 Å². The van der Waals surface area contributed by atoms with Gasteiger partial charge in [0.2, 0.25) is 0 Å². The predicted octanol–water partition coefficient (Wildman–Crippen LogP) is 3.80. The summed E-state index contributed by atoms with van der Waals surface area (Å²) in [6, 6.07) is 10.9. The number of fused-ring (bicyclic) bond motifs is 1. The van der Waals surface area contributed by atoms with Crippen molar-refractivity contribution in [1.29, 1.82) is 0 Å². The van der Waals surface area contributed by atoms with Gasteiger partial charge in [-0.05, 0) is 25.2 Å². The fraction of sp³-hybridized carbons (Fsp3) is 0.333. The van der Waals surface area contributed by atoms with Crippen LogP contribution in [0.2, 0.25) is 5.15 Å². The number of hydrogen-bond acceptors (Lipinski definition) is 4. The molecule has 0 saturated carbocycles. The van der Waals surface area contributed by atoms with E-state index < -0.39 is 0 Å². The third-order valence-electron chi connectivity index (χ3n) is 3.60. The quantitative estimate of drug-likeness (QED) is 0.490. The zero-order chi connectivity index (χ0) is 14.1. The van der Waals surface area contributed by atoms with Gasteiger partial charge in [0.25, 0.3) is 0 Å². The number of anilines is 1. The van der Waals surface area contributed by atoms with Gasteiger partial charge in [0.05, 0.1) is 0 Å². The average molecular weight is 306 g/mol. The van der Waals surface area contributed by atoms with Crippen molar-refractivity contribution in [3.63, 3.8) is 0 Å².